The topological polar surface area (TPSA) is 432 Å². The van der Waals surface area contributed by atoms with Crippen molar-refractivity contribution in [3.63, 3.8) is 0 Å². The van der Waals surface area contributed by atoms with Crippen molar-refractivity contribution < 1.29 is 67.7 Å². The number of aliphatic carboxylic acids is 2. The molecule has 0 aromatic rings. The quantitative estimate of drug-likeness (QED) is 0.0280. The van der Waals surface area contributed by atoms with E-state index >= 15 is 0 Å². The van der Waals surface area contributed by atoms with Crippen LogP contribution in [0.4, 0.5) is 0 Å². The molecule has 0 rings (SSSR count). The number of rotatable bonds is 32. The summed E-state index contributed by atoms with van der Waals surface area (Å²) < 4.78 is 0. The minimum atomic E-state index is -1.60. The van der Waals surface area contributed by atoms with E-state index in [9.17, 15) is 62.6 Å². The van der Waals surface area contributed by atoms with Crippen LogP contribution < -0.4 is 65.1 Å². The van der Waals surface area contributed by atoms with Crippen LogP contribution in [0.15, 0.2) is 0 Å². The predicted molar refractivity (Wildman–Crippen MR) is 230 cm³/mol. The van der Waals surface area contributed by atoms with Crippen LogP contribution in [-0.2, 0) is 57.5 Å². The average molecular weight is 929 g/mol. The molecule has 0 aromatic heterocycles. The van der Waals surface area contributed by atoms with E-state index in [1.807, 2.05) is 0 Å². The molecule has 0 spiro atoms. The lowest BCUT2D eigenvalue weighted by Crippen LogP contribution is -2.58. The van der Waals surface area contributed by atoms with Crippen LogP contribution in [0.5, 0.6) is 0 Å². The maximum Gasteiger partial charge on any atom is 0.326 e. The number of amides is 10. The summed E-state index contributed by atoms with van der Waals surface area (Å²) in [7, 11) is 0. The molecule has 26 heteroatoms. The van der Waals surface area contributed by atoms with E-state index in [-0.39, 0.29) is 37.6 Å². The molecule has 65 heavy (non-hydrogen) atoms. The van der Waals surface area contributed by atoms with E-state index in [2.05, 4.69) is 47.9 Å². The number of unbranched alkanes of at least 4 members (excludes halogenated alkanes) is 1. The van der Waals surface area contributed by atoms with Crippen molar-refractivity contribution in [1.82, 2.24) is 47.9 Å². The van der Waals surface area contributed by atoms with Crippen molar-refractivity contribution in [3.05, 3.63) is 0 Å². The Labute approximate surface area is 376 Å². The number of carbonyl (C=O) groups excluding carboxylic acids is 10. The van der Waals surface area contributed by atoms with Gasteiger partial charge < -0.3 is 75.3 Å². The molecule has 26 nitrogen and oxygen atoms in total. The van der Waals surface area contributed by atoms with Gasteiger partial charge in [0, 0.05) is 6.42 Å². The van der Waals surface area contributed by atoms with Crippen LogP contribution in [0.3, 0.4) is 0 Å². The standard InChI is InChI=1S/C39H68N12O14/c1-19(2)13-25(36(61)44-17-30(54)48-24(39(64)65)10-11-32(56)57)49-31(55)18-43-35(60)23(9-7-8-12-40)47-29(53)16-45-37(62)27(15-28(42)52)51-38(63)26(14-20(3)4)50-34(59)22(6)46-33(58)21(5)41/h19-27H,7-18,40-41H2,1-6H3,(H2,42,52)(H,43,60)(H,44,61)(H,45,62)(H,46,58)(H,47,53)(H,48,54)(H,49,55)(H,50,59)(H,51,63)(H,56,57)(H,64,65)/t21-,22-,23-,24-,25-,26-,27-/m0/s1. The van der Waals surface area contributed by atoms with Crippen LogP contribution in [0, 0.1) is 11.8 Å². The summed E-state index contributed by atoms with van der Waals surface area (Å²) in [6, 6.07) is -8.80. The lowest BCUT2D eigenvalue weighted by atomic mass is 10.0. The van der Waals surface area contributed by atoms with Crippen molar-refractivity contribution in [3.8, 4) is 0 Å². The Kier molecular flexibility index (Phi) is 27.6. The van der Waals surface area contributed by atoms with Gasteiger partial charge in [-0.1, -0.05) is 27.7 Å². The summed E-state index contributed by atoms with van der Waals surface area (Å²) in [5.74, 6) is -11.6. The van der Waals surface area contributed by atoms with Crippen LogP contribution in [0.25, 0.3) is 0 Å². The van der Waals surface area contributed by atoms with Gasteiger partial charge in [-0.3, -0.25) is 52.7 Å². The second-order valence-corrected chi connectivity index (χ2v) is 16.1. The maximum atomic E-state index is 13.3. The third-order valence-electron chi connectivity index (χ3n) is 9.05. The number of carbonyl (C=O) groups is 12. The molecule has 0 unspecified atom stereocenters. The number of carboxylic acids is 2. The van der Waals surface area contributed by atoms with Crippen molar-refractivity contribution in [2.45, 2.75) is 135 Å². The normalized spacial score (nSPS) is 14.1. The Balaban J connectivity index is 5.66. The fourth-order valence-corrected chi connectivity index (χ4v) is 5.69. The van der Waals surface area contributed by atoms with Crippen molar-refractivity contribution in [1.29, 1.82) is 0 Å². The Hall–Kier alpha value is -6.44. The molecule has 0 radical (unpaired) electrons. The zero-order chi connectivity index (χ0) is 50.0. The predicted octanol–water partition coefficient (Wildman–Crippen LogP) is -5.34. The van der Waals surface area contributed by atoms with E-state index in [0.717, 1.165) is 0 Å². The lowest BCUT2D eigenvalue weighted by molar-refractivity contribution is -0.143. The van der Waals surface area contributed by atoms with Crippen molar-refractivity contribution in [2.75, 3.05) is 26.2 Å². The highest BCUT2D eigenvalue weighted by molar-refractivity contribution is 5.98. The first kappa shape index (κ1) is 58.6. The van der Waals surface area contributed by atoms with Crippen LogP contribution in [-0.4, -0.2) is 150 Å². The van der Waals surface area contributed by atoms with Gasteiger partial charge >= 0.3 is 11.9 Å². The minimum Gasteiger partial charge on any atom is -0.481 e. The van der Waals surface area contributed by atoms with Gasteiger partial charge in [0.2, 0.25) is 59.1 Å². The van der Waals surface area contributed by atoms with Gasteiger partial charge in [0.1, 0.15) is 36.3 Å². The van der Waals surface area contributed by atoms with Crippen LogP contribution in [0.2, 0.25) is 0 Å². The summed E-state index contributed by atoms with van der Waals surface area (Å²) in [5.41, 5.74) is 16.4. The number of carboxylic acid groups (broad SMARTS) is 2. The third kappa shape index (κ3) is 26.1. The Bertz CT molecular complexity index is 1690. The van der Waals surface area contributed by atoms with E-state index in [1.165, 1.54) is 13.8 Å². The molecule has 0 aliphatic carbocycles. The molecule has 0 aliphatic rings. The molecular formula is C39H68N12O14. The lowest BCUT2D eigenvalue weighted by Gasteiger charge is -2.25. The highest BCUT2D eigenvalue weighted by Crippen LogP contribution is 2.08. The summed E-state index contributed by atoms with van der Waals surface area (Å²) in [6.07, 6.45) is -0.623. The molecule has 0 fully saturated rings. The fourth-order valence-electron chi connectivity index (χ4n) is 5.69. The summed E-state index contributed by atoms with van der Waals surface area (Å²) in [5, 5.41) is 39.3. The number of primary amides is 1. The molecule has 0 aromatic carbocycles. The molecule has 0 saturated heterocycles. The highest BCUT2D eigenvalue weighted by atomic mass is 16.4. The first-order valence-corrected chi connectivity index (χ1v) is 21.1. The van der Waals surface area contributed by atoms with Gasteiger partial charge in [-0.15, -0.1) is 0 Å². The van der Waals surface area contributed by atoms with Gasteiger partial charge in [0.25, 0.3) is 0 Å². The minimum absolute atomic E-state index is 0.0424. The fraction of sp³-hybridized carbons (Fsp3) is 0.692. The summed E-state index contributed by atoms with van der Waals surface area (Å²) in [4.78, 5) is 150. The van der Waals surface area contributed by atoms with Crippen LogP contribution >= 0.6 is 0 Å². The van der Waals surface area contributed by atoms with Crippen molar-refractivity contribution in [2.24, 2.45) is 29.0 Å². The third-order valence-corrected chi connectivity index (χ3v) is 9.05. The largest absolute Gasteiger partial charge is 0.481 e. The highest BCUT2D eigenvalue weighted by Gasteiger charge is 2.31. The monoisotopic (exact) mass is 928 g/mol. The number of hydrogen-bond donors (Lipinski definition) is 14. The van der Waals surface area contributed by atoms with Gasteiger partial charge in [-0.2, -0.15) is 0 Å². The van der Waals surface area contributed by atoms with E-state index in [1.54, 1.807) is 27.7 Å². The smallest absolute Gasteiger partial charge is 0.326 e. The molecule has 7 atom stereocenters. The second-order valence-electron chi connectivity index (χ2n) is 16.1. The molecule has 0 aliphatic heterocycles. The van der Waals surface area contributed by atoms with Gasteiger partial charge in [-0.25, -0.2) is 4.79 Å². The summed E-state index contributed by atoms with van der Waals surface area (Å²) >= 11 is 0. The van der Waals surface area contributed by atoms with Gasteiger partial charge in [0.15, 0.2) is 0 Å². The first-order chi connectivity index (χ1) is 30.3. The van der Waals surface area contributed by atoms with Gasteiger partial charge in [-0.05, 0) is 70.8 Å². The van der Waals surface area contributed by atoms with E-state index < -0.39 is 152 Å². The molecule has 0 saturated carbocycles. The average Bonchev–Trinajstić information content (AvgIpc) is 3.20. The molecule has 10 amide bonds. The second kappa shape index (κ2) is 30.6. The van der Waals surface area contributed by atoms with Crippen LogP contribution in [0.1, 0.15) is 92.9 Å². The maximum absolute atomic E-state index is 13.3. The van der Waals surface area contributed by atoms with E-state index in [0.29, 0.717) is 12.8 Å². The Morgan fingerprint density at radius 1 is 0.492 bits per heavy atom. The molecule has 368 valence electrons. The number of hydrogen-bond acceptors (Lipinski definition) is 14. The van der Waals surface area contributed by atoms with Crippen molar-refractivity contribution >= 4 is 71.0 Å². The molecular weight excluding hydrogens is 860 g/mol. The van der Waals surface area contributed by atoms with Gasteiger partial charge in [0.05, 0.1) is 32.1 Å². The molecule has 17 N–H and O–H groups in total. The SMILES string of the molecule is CC(C)C[C@H](NC(=O)CNC(=O)[C@H](CCCCN)NC(=O)CNC(=O)[C@H](CC(N)=O)NC(=O)[C@H](CC(C)C)NC(=O)[C@H](C)NC(=O)[C@H](C)N)C(=O)NCC(=O)N[C@@H](CCC(=O)O)C(=O)O. The van der Waals surface area contributed by atoms with E-state index in [4.69, 9.17) is 22.3 Å². The summed E-state index contributed by atoms with van der Waals surface area (Å²) in [6.45, 7) is 7.93. The Morgan fingerprint density at radius 2 is 0.923 bits per heavy atom. The number of nitrogens with two attached hydrogens (primary N) is 3. The number of nitrogens with one attached hydrogen (secondary N) is 9. The zero-order valence-corrected chi connectivity index (χ0v) is 37.7. The Morgan fingerprint density at radius 3 is 1.35 bits per heavy atom. The molecule has 0 heterocycles. The first-order valence-electron chi connectivity index (χ1n) is 21.1. The zero-order valence-electron chi connectivity index (χ0n) is 37.7. The molecule has 0 bridgehead atoms.